The van der Waals surface area contributed by atoms with Gasteiger partial charge in [-0.05, 0) is 18.6 Å². The highest BCUT2D eigenvalue weighted by atomic mass is 15.0. The average Bonchev–Trinajstić information content (AvgIpc) is 2.25. The molecule has 0 spiro atoms. The van der Waals surface area contributed by atoms with Crippen molar-refractivity contribution in [1.82, 2.24) is 4.98 Å². The van der Waals surface area contributed by atoms with Gasteiger partial charge in [-0.3, -0.25) is 0 Å². The van der Waals surface area contributed by atoms with E-state index < -0.39 is 0 Å². The first kappa shape index (κ1) is 10.0. The fourth-order valence-corrected chi connectivity index (χ4v) is 0.948. The fourth-order valence-electron chi connectivity index (χ4n) is 0.948. The molecule has 0 saturated heterocycles. The van der Waals surface area contributed by atoms with Gasteiger partial charge in [-0.1, -0.05) is 0 Å². The van der Waals surface area contributed by atoms with Gasteiger partial charge in [-0.15, -0.1) is 0 Å². The van der Waals surface area contributed by atoms with Crippen molar-refractivity contribution in [2.24, 2.45) is 0 Å². The average molecular weight is 186 g/mol. The molecule has 14 heavy (non-hydrogen) atoms. The molecule has 0 saturated carbocycles. The van der Waals surface area contributed by atoms with E-state index in [-0.39, 0.29) is 0 Å². The van der Waals surface area contributed by atoms with Crippen LogP contribution in [-0.2, 0) is 0 Å². The Kier molecular flexibility index (Phi) is 3.97. The molecule has 0 atom stereocenters. The van der Waals surface area contributed by atoms with Gasteiger partial charge >= 0.3 is 0 Å². The number of nitriles is 2. The van der Waals surface area contributed by atoms with E-state index in [1.54, 1.807) is 12.1 Å². The van der Waals surface area contributed by atoms with E-state index in [1.807, 2.05) is 6.07 Å². The van der Waals surface area contributed by atoms with E-state index in [1.165, 1.54) is 6.20 Å². The Bertz CT molecular complexity index is 355. The highest BCUT2D eigenvalue weighted by Gasteiger charge is 1.93. The second-order valence-electron chi connectivity index (χ2n) is 2.73. The lowest BCUT2D eigenvalue weighted by atomic mass is 10.3. The van der Waals surface area contributed by atoms with E-state index in [9.17, 15) is 0 Å². The zero-order valence-electron chi connectivity index (χ0n) is 7.70. The Morgan fingerprint density at radius 1 is 1.36 bits per heavy atom. The molecule has 1 rings (SSSR count). The first-order valence-electron chi connectivity index (χ1n) is 4.34. The number of unbranched alkanes of at least 4 members (excludes halogenated alkanes) is 1. The van der Waals surface area contributed by atoms with Gasteiger partial charge in [0, 0.05) is 19.2 Å². The summed E-state index contributed by atoms with van der Waals surface area (Å²) in [5.41, 5.74) is 0.549. The number of hydrogen-bond donors (Lipinski definition) is 1. The van der Waals surface area contributed by atoms with Crippen LogP contribution in [0.2, 0.25) is 0 Å². The van der Waals surface area contributed by atoms with Crippen molar-refractivity contribution in [1.29, 1.82) is 10.5 Å². The predicted molar refractivity (Wildman–Crippen MR) is 52.3 cm³/mol. The van der Waals surface area contributed by atoms with E-state index in [0.29, 0.717) is 12.0 Å². The molecule has 1 aromatic heterocycles. The third kappa shape index (κ3) is 3.12. The Morgan fingerprint density at radius 3 is 2.79 bits per heavy atom. The molecular formula is C10H10N4. The summed E-state index contributed by atoms with van der Waals surface area (Å²) in [6.45, 7) is 0.729. The van der Waals surface area contributed by atoms with Crippen molar-refractivity contribution in [3.05, 3.63) is 23.9 Å². The molecule has 4 nitrogen and oxygen atoms in total. The van der Waals surface area contributed by atoms with Gasteiger partial charge in [0.2, 0.25) is 0 Å². The van der Waals surface area contributed by atoms with E-state index >= 15 is 0 Å². The molecule has 0 aromatic carbocycles. The van der Waals surface area contributed by atoms with Crippen molar-refractivity contribution in [3.63, 3.8) is 0 Å². The minimum absolute atomic E-state index is 0.545. The minimum atomic E-state index is 0.545. The molecule has 1 aromatic rings. The van der Waals surface area contributed by atoms with Crippen molar-refractivity contribution in [2.75, 3.05) is 11.9 Å². The molecule has 4 heteroatoms. The summed E-state index contributed by atoms with van der Waals surface area (Å²) < 4.78 is 0. The lowest BCUT2D eigenvalue weighted by molar-refractivity contribution is 0.892. The molecule has 1 N–H and O–H groups in total. The first-order chi connectivity index (χ1) is 6.86. The number of nitrogens with zero attached hydrogens (tertiary/aromatic N) is 3. The van der Waals surface area contributed by atoms with Gasteiger partial charge in [0.1, 0.15) is 11.9 Å². The number of hydrogen-bond acceptors (Lipinski definition) is 4. The maximum Gasteiger partial charge on any atom is 0.125 e. The lowest BCUT2D eigenvalue weighted by Gasteiger charge is -2.02. The van der Waals surface area contributed by atoms with E-state index in [2.05, 4.69) is 16.4 Å². The van der Waals surface area contributed by atoms with Crippen LogP contribution < -0.4 is 5.32 Å². The fraction of sp³-hybridized carbons (Fsp3) is 0.300. The highest BCUT2D eigenvalue weighted by Crippen LogP contribution is 2.03. The molecule has 0 aliphatic heterocycles. The summed E-state index contributed by atoms with van der Waals surface area (Å²) in [6.07, 6.45) is 2.87. The second kappa shape index (κ2) is 5.55. The number of aromatic nitrogens is 1. The van der Waals surface area contributed by atoms with Crippen molar-refractivity contribution in [3.8, 4) is 12.1 Å². The molecule has 0 fully saturated rings. The van der Waals surface area contributed by atoms with Crippen LogP contribution in [-0.4, -0.2) is 11.5 Å². The number of nitrogens with one attached hydrogen (secondary N) is 1. The summed E-state index contributed by atoms with van der Waals surface area (Å²) in [6, 6.07) is 7.53. The molecule has 0 aliphatic carbocycles. The van der Waals surface area contributed by atoms with Crippen LogP contribution in [0.5, 0.6) is 0 Å². The summed E-state index contributed by atoms with van der Waals surface area (Å²) in [5, 5.41) is 19.9. The van der Waals surface area contributed by atoms with Gasteiger partial charge < -0.3 is 5.32 Å². The molecule has 1 heterocycles. The van der Waals surface area contributed by atoms with Crippen LogP contribution in [0.1, 0.15) is 18.4 Å². The third-order valence-electron chi connectivity index (χ3n) is 1.66. The standard InChI is InChI=1S/C10H10N4/c11-5-1-2-6-13-10-4-3-9(7-12)8-14-10/h3-4,8H,1-2,6H2,(H,13,14). The first-order valence-corrected chi connectivity index (χ1v) is 4.34. The van der Waals surface area contributed by atoms with Gasteiger partial charge in [-0.2, -0.15) is 10.5 Å². The molecule has 0 bridgehead atoms. The zero-order chi connectivity index (χ0) is 10.2. The SMILES string of the molecule is N#CCCCNc1ccc(C#N)cn1. The van der Waals surface area contributed by atoms with Crippen LogP contribution in [0.25, 0.3) is 0 Å². The third-order valence-corrected chi connectivity index (χ3v) is 1.66. The topological polar surface area (TPSA) is 72.5 Å². The largest absolute Gasteiger partial charge is 0.370 e. The quantitative estimate of drug-likeness (QED) is 0.726. The maximum absolute atomic E-state index is 8.53. The number of pyridine rings is 1. The summed E-state index contributed by atoms with van der Waals surface area (Å²) in [4.78, 5) is 4.03. The lowest BCUT2D eigenvalue weighted by Crippen LogP contribution is -2.02. The maximum atomic E-state index is 8.53. The second-order valence-corrected chi connectivity index (χ2v) is 2.73. The Hall–Kier alpha value is -2.07. The van der Waals surface area contributed by atoms with Crippen LogP contribution in [0.3, 0.4) is 0 Å². The van der Waals surface area contributed by atoms with E-state index in [4.69, 9.17) is 10.5 Å². The van der Waals surface area contributed by atoms with Crippen LogP contribution in [0, 0.1) is 22.7 Å². The van der Waals surface area contributed by atoms with Crippen molar-refractivity contribution < 1.29 is 0 Å². The van der Waals surface area contributed by atoms with Crippen molar-refractivity contribution in [2.45, 2.75) is 12.8 Å². The molecule has 0 aliphatic rings. The Balaban J connectivity index is 2.38. The molecule has 70 valence electrons. The summed E-state index contributed by atoms with van der Waals surface area (Å²) in [5.74, 6) is 0.738. The Labute approximate surface area is 82.8 Å². The number of rotatable bonds is 4. The van der Waals surface area contributed by atoms with Gasteiger partial charge in [0.15, 0.2) is 0 Å². The smallest absolute Gasteiger partial charge is 0.125 e. The van der Waals surface area contributed by atoms with Crippen LogP contribution >= 0.6 is 0 Å². The Morgan fingerprint density at radius 2 is 2.21 bits per heavy atom. The monoisotopic (exact) mass is 186 g/mol. The van der Waals surface area contributed by atoms with E-state index in [0.717, 1.165) is 18.8 Å². The normalized spacial score (nSPS) is 8.71. The minimum Gasteiger partial charge on any atom is -0.370 e. The van der Waals surface area contributed by atoms with Crippen molar-refractivity contribution >= 4 is 5.82 Å². The van der Waals surface area contributed by atoms with Gasteiger partial charge in [0.25, 0.3) is 0 Å². The zero-order valence-corrected chi connectivity index (χ0v) is 7.70. The summed E-state index contributed by atoms with van der Waals surface area (Å²) in [7, 11) is 0. The van der Waals surface area contributed by atoms with Crippen LogP contribution in [0.15, 0.2) is 18.3 Å². The van der Waals surface area contributed by atoms with Crippen LogP contribution in [0.4, 0.5) is 5.82 Å². The predicted octanol–water partition coefficient (Wildman–Crippen LogP) is 1.67. The summed E-state index contributed by atoms with van der Waals surface area (Å²) >= 11 is 0. The number of anilines is 1. The molecule has 0 amide bonds. The highest BCUT2D eigenvalue weighted by molar-refractivity contribution is 5.38. The molecule has 0 radical (unpaired) electrons. The molecular weight excluding hydrogens is 176 g/mol. The van der Waals surface area contributed by atoms with Gasteiger partial charge in [-0.25, -0.2) is 4.98 Å². The molecule has 0 unspecified atom stereocenters. The van der Waals surface area contributed by atoms with Gasteiger partial charge in [0.05, 0.1) is 11.6 Å².